The smallest absolute Gasteiger partial charge is 0.242 e. The third kappa shape index (κ3) is 5.85. The van der Waals surface area contributed by atoms with Crippen LogP contribution in [0, 0.1) is 5.92 Å². The van der Waals surface area contributed by atoms with Crippen molar-refractivity contribution in [1.29, 1.82) is 0 Å². The fraction of sp³-hybridized carbons (Fsp3) is 0.556. The molecule has 4 rings (SSSR count). The van der Waals surface area contributed by atoms with Crippen molar-refractivity contribution in [2.75, 3.05) is 32.8 Å². The van der Waals surface area contributed by atoms with Crippen molar-refractivity contribution in [3.05, 3.63) is 57.8 Å². The van der Waals surface area contributed by atoms with Gasteiger partial charge in [-0.3, -0.25) is 9.59 Å². The van der Waals surface area contributed by atoms with Gasteiger partial charge in [-0.05, 0) is 55.2 Å². The van der Waals surface area contributed by atoms with E-state index >= 15 is 0 Å². The highest BCUT2D eigenvalue weighted by molar-refractivity contribution is 7.10. The minimum Gasteiger partial charge on any atom is -0.382 e. The first kappa shape index (κ1) is 24.0. The van der Waals surface area contributed by atoms with Gasteiger partial charge in [0.05, 0.1) is 12.6 Å². The zero-order valence-corrected chi connectivity index (χ0v) is 20.5. The molecular weight excluding hydrogens is 432 g/mol. The quantitative estimate of drug-likeness (QED) is 0.484. The van der Waals surface area contributed by atoms with Gasteiger partial charge >= 0.3 is 0 Å². The first-order valence-electron chi connectivity index (χ1n) is 12.5. The number of rotatable bonds is 9. The Labute approximate surface area is 201 Å². The van der Waals surface area contributed by atoms with Crippen molar-refractivity contribution in [1.82, 2.24) is 9.80 Å². The Morgan fingerprint density at radius 1 is 1.12 bits per heavy atom. The van der Waals surface area contributed by atoms with Crippen LogP contribution in [0.2, 0.25) is 0 Å². The van der Waals surface area contributed by atoms with Crippen LogP contribution in [0.15, 0.2) is 41.8 Å². The average Bonchev–Trinajstić information content (AvgIpc) is 3.35. The summed E-state index contributed by atoms with van der Waals surface area (Å²) in [6, 6.07) is 12.4. The van der Waals surface area contributed by atoms with Gasteiger partial charge in [-0.2, -0.15) is 0 Å². The van der Waals surface area contributed by atoms with Crippen LogP contribution in [0.3, 0.4) is 0 Å². The molecule has 1 fully saturated rings. The van der Waals surface area contributed by atoms with Gasteiger partial charge in [-0.15, -0.1) is 11.3 Å². The Morgan fingerprint density at radius 2 is 1.91 bits per heavy atom. The molecule has 1 aromatic carbocycles. The molecule has 0 radical (unpaired) electrons. The van der Waals surface area contributed by atoms with E-state index in [0.717, 1.165) is 44.1 Å². The van der Waals surface area contributed by atoms with Gasteiger partial charge in [0, 0.05) is 37.1 Å². The van der Waals surface area contributed by atoms with Gasteiger partial charge in [0.2, 0.25) is 11.8 Å². The number of hydrogen-bond donors (Lipinski definition) is 0. The third-order valence-electron chi connectivity index (χ3n) is 6.91. The summed E-state index contributed by atoms with van der Waals surface area (Å²) >= 11 is 1.77. The van der Waals surface area contributed by atoms with E-state index in [1.807, 2.05) is 34.9 Å². The molecule has 1 aliphatic carbocycles. The van der Waals surface area contributed by atoms with Gasteiger partial charge in [-0.25, -0.2) is 0 Å². The second-order valence-electron chi connectivity index (χ2n) is 9.09. The van der Waals surface area contributed by atoms with Crippen LogP contribution in [0.1, 0.15) is 67.5 Å². The minimum atomic E-state index is -0.0799. The summed E-state index contributed by atoms with van der Waals surface area (Å²) in [4.78, 5) is 32.3. The summed E-state index contributed by atoms with van der Waals surface area (Å²) in [7, 11) is 0. The van der Waals surface area contributed by atoms with Crippen LogP contribution in [0.4, 0.5) is 0 Å². The lowest BCUT2D eigenvalue weighted by atomic mass is 9.88. The van der Waals surface area contributed by atoms with Crippen LogP contribution < -0.4 is 0 Å². The summed E-state index contributed by atoms with van der Waals surface area (Å²) in [5.74, 6) is 0.263. The normalized spacial score (nSPS) is 18.7. The Bertz CT molecular complexity index is 907. The zero-order valence-electron chi connectivity index (χ0n) is 19.7. The molecular formula is C27H36N2O3S. The van der Waals surface area contributed by atoms with Crippen LogP contribution in [-0.4, -0.2) is 54.5 Å². The fourth-order valence-corrected chi connectivity index (χ4v) is 6.11. The van der Waals surface area contributed by atoms with E-state index in [1.54, 1.807) is 11.3 Å². The number of amides is 2. The highest BCUT2D eigenvalue weighted by Crippen LogP contribution is 2.38. The molecule has 0 bridgehead atoms. The topological polar surface area (TPSA) is 49.9 Å². The van der Waals surface area contributed by atoms with Gasteiger partial charge in [-0.1, -0.05) is 49.6 Å². The minimum absolute atomic E-state index is 0.0428. The number of benzene rings is 1. The first-order chi connectivity index (χ1) is 16.2. The monoisotopic (exact) mass is 468 g/mol. The molecule has 2 aliphatic rings. The molecule has 2 heterocycles. The standard InChI is InChI=1S/C27H36N2O3S/c1-2-32-18-9-16-28(27(31)22-12-7-4-8-13-22)20-25(30)29-17-14-24-23(15-19-33-24)26(29)21-10-5-3-6-11-21/h3,5-6,10-11,15,19,22,26H,2,4,7-9,12-14,16-18,20H2,1H3. The van der Waals surface area contributed by atoms with Gasteiger partial charge < -0.3 is 14.5 Å². The molecule has 0 N–H and O–H groups in total. The van der Waals surface area contributed by atoms with Crippen molar-refractivity contribution >= 4 is 23.2 Å². The summed E-state index contributed by atoms with van der Waals surface area (Å²) in [6.07, 6.45) is 6.97. The number of fused-ring (bicyclic) bond motifs is 1. The second kappa shape index (κ2) is 11.8. The Hall–Kier alpha value is -2.18. The van der Waals surface area contributed by atoms with E-state index in [0.29, 0.717) is 26.3 Å². The van der Waals surface area contributed by atoms with E-state index < -0.39 is 0 Å². The molecule has 1 unspecified atom stereocenters. The summed E-state index contributed by atoms with van der Waals surface area (Å²) in [5.41, 5.74) is 2.36. The SMILES string of the molecule is CCOCCCN(CC(=O)N1CCc2sccc2C1c1ccccc1)C(=O)C1CCCCC1. The van der Waals surface area contributed by atoms with Crippen molar-refractivity contribution in [3.63, 3.8) is 0 Å². The predicted molar refractivity (Wildman–Crippen MR) is 132 cm³/mol. The molecule has 6 heteroatoms. The summed E-state index contributed by atoms with van der Waals surface area (Å²) in [5, 5.41) is 2.13. The summed E-state index contributed by atoms with van der Waals surface area (Å²) < 4.78 is 5.50. The van der Waals surface area contributed by atoms with E-state index in [4.69, 9.17) is 4.74 Å². The number of hydrogen-bond acceptors (Lipinski definition) is 4. The van der Waals surface area contributed by atoms with Crippen LogP contribution in [0.25, 0.3) is 0 Å². The molecule has 1 saturated carbocycles. The maximum atomic E-state index is 13.7. The van der Waals surface area contributed by atoms with Crippen LogP contribution in [-0.2, 0) is 20.7 Å². The molecule has 1 aliphatic heterocycles. The third-order valence-corrected chi connectivity index (χ3v) is 7.91. The Balaban J connectivity index is 1.52. The lowest BCUT2D eigenvalue weighted by Gasteiger charge is -2.38. The van der Waals surface area contributed by atoms with Crippen molar-refractivity contribution < 1.29 is 14.3 Å². The summed E-state index contributed by atoms with van der Waals surface area (Å²) in [6.45, 7) is 4.70. The number of carbonyl (C=O) groups excluding carboxylic acids is 2. The Kier molecular flexibility index (Phi) is 8.57. The molecule has 1 atom stereocenters. The molecule has 2 aromatic rings. The lowest BCUT2D eigenvalue weighted by molar-refractivity contribution is -0.144. The maximum absolute atomic E-state index is 13.7. The largest absolute Gasteiger partial charge is 0.382 e. The van der Waals surface area contributed by atoms with Gasteiger partial charge in [0.15, 0.2) is 0 Å². The average molecular weight is 469 g/mol. The predicted octanol–water partition coefficient (Wildman–Crippen LogP) is 5.06. The highest BCUT2D eigenvalue weighted by atomic mass is 32.1. The molecule has 0 spiro atoms. The van der Waals surface area contributed by atoms with Gasteiger partial charge in [0.1, 0.15) is 0 Å². The maximum Gasteiger partial charge on any atom is 0.242 e. The van der Waals surface area contributed by atoms with Crippen molar-refractivity contribution in [3.8, 4) is 0 Å². The van der Waals surface area contributed by atoms with Crippen LogP contribution >= 0.6 is 11.3 Å². The lowest BCUT2D eigenvalue weighted by Crippen LogP contribution is -2.48. The molecule has 33 heavy (non-hydrogen) atoms. The number of nitrogens with zero attached hydrogens (tertiary/aromatic N) is 2. The second-order valence-corrected chi connectivity index (χ2v) is 10.1. The number of ether oxygens (including phenoxy) is 1. The van der Waals surface area contributed by atoms with Crippen molar-refractivity contribution in [2.45, 2.75) is 57.9 Å². The van der Waals surface area contributed by atoms with E-state index in [2.05, 4.69) is 23.6 Å². The molecule has 2 amide bonds. The fourth-order valence-electron chi connectivity index (χ4n) is 5.21. The molecule has 5 nitrogen and oxygen atoms in total. The molecule has 0 saturated heterocycles. The number of thiophene rings is 1. The van der Waals surface area contributed by atoms with E-state index in [-0.39, 0.29) is 30.3 Å². The molecule has 1 aromatic heterocycles. The first-order valence-corrected chi connectivity index (χ1v) is 13.3. The van der Waals surface area contributed by atoms with E-state index in [9.17, 15) is 9.59 Å². The van der Waals surface area contributed by atoms with Crippen molar-refractivity contribution in [2.24, 2.45) is 5.92 Å². The van der Waals surface area contributed by atoms with E-state index in [1.165, 1.54) is 16.9 Å². The number of carbonyl (C=O) groups is 2. The highest BCUT2D eigenvalue weighted by Gasteiger charge is 2.35. The molecule has 178 valence electrons. The van der Waals surface area contributed by atoms with Gasteiger partial charge in [0.25, 0.3) is 0 Å². The zero-order chi connectivity index (χ0) is 23.0. The Morgan fingerprint density at radius 3 is 2.67 bits per heavy atom. The van der Waals surface area contributed by atoms with Crippen LogP contribution in [0.5, 0.6) is 0 Å².